The minimum atomic E-state index is -0.511. The van der Waals surface area contributed by atoms with Crippen molar-refractivity contribution < 1.29 is 5.11 Å². The second-order valence-electron chi connectivity index (χ2n) is 7.25. The van der Waals surface area contributed by atoms with E-state index < -0.39 is 5.60 Å². The first kappa shape index (κ1) is 14.6. The summed E-state index contributed by atoms with van der Waals surface area (Å²) >= 11 is 0. The van der Waals surface area contributed by atoms with E-state index in [1.807, 2.05) is 10.9 Å². The molecule has 0 unspecified atom stereocenters. The van der Waals surface area contributed by atoms with Crippen molar-refractivity contribution in [3.8, 4) is 0 Å². The van der Waals surface area contributed by atoms with Gasteiger partial charge in [0.15, 0.2) is 0 Å². The van der Waals surface area contributed by atoms with Crippen LogP contribution in [0.15, 0.2) is 12.4 Å². The van der Waals surface area contributed by atoms with E-state index in [9.17, 15) is 5.11 Å². The summed E-state index contributed by atoms with van der Waals surface area (Å²) in [7, 11) is 0. The number of nitrogens with zero attached hydrogens (tertiary/aromatic N) is 2. The van der Waals surface area contributed by atoms with Gasteiger partial charge in [0.2, 0.25) is 0 Å². The van der Waals surface area contributed by atoms with Crippen molar-refractivity contribution in [3.05, 3.63) is 18.0 Å². The monoisotopic (exact) mass is 264 g/mol. The molecule has 19 heavy (non-hydrogen) atoms. The Morgan fingerprint density at radius 3 is 2.47 bits per heavy atom. The van der Waals surface area contributed by atoms with Gasteiger partial charge in [-0.05, 0) is 49.5 Å². The van der Waals surface area contributed by atoms with E-state index in [4.69, 9.17) is 0 Å². The minimum absolute atomic E-state index is 0.369. The van der Waals surface area contributed by atoms with Crippen LogP contribution in [0.25, 0.3) is 0 Å². The summed E-state index contributed by atoms with van der Waals surface area (Å²) in [6, 6.07) is 0. The molecule has 0 spiro atoms. The average Bonchev–Trinajstić information content (AvgIpc) is 2.75. The fourth-order valence-corrected chi connectivity index (χ4v) is 3.25. The van der Waals surface area contributed by atoms with Crippen molar-refractivity contribution in [1.29, 1.82) is 0 Å². The van der Waals surface area contributed by atoms with E-state index in [2.05, 4.69) is 39.0 Å². The van der Waals surface area contributed by atoms with Crippen LogP contribution < -0.4 is 0 Å². The molecule has 0 bridgehead atoms. The Hall–Kier alpha value is -0.830. The van der Waals surface area contributed by atoms with Crippen molar-refractivity contribution in [1.82, 2.24) is 9.78 Å². The van der Waals surface area contributed by atoms with Gasteiger partial charge < -0.3 is 5.11 Å². The van der Waals surface area contributed by atoms with Gasteiger partial charge in [0.05, 0.1) is 11.8 Å². The molecular formula is C16H28N2O. The van der Waals surface area contributed by atoms with Crippen LogP contribution in [0, 0.1) is 11.3 Å². The summed E-state index contributed by atoms with van der Waals surface area (Å²) in [5.41, 5.74) is 1.02. The molecule has 0 radical (unpaired) electrons. The zero-order chi connectivity index (χ0) is 14.1. The highest BCUT2D eigenvalue weighted by Gasteiger charge is 2.37. The minimum Gasteiger partial charge on any atom is -0.390 e. The summed E-state index contributed by atoms with van der Waals surface area (Å²) in [6.45, 7) is 9.92. The first-order chi connectivity index (χ1) is 8.82. The van der Waals surface area contributed by atoms with Gasteiger partial charge in [-0.15, -0.1) is 0 Å². The van der Waals surface area contributed by atoms with Gasteiger partial charge in [-0.3, -0.25) is 4.68 Å². The summed E-state index contributed by atoms with van der Waals surface area (Å²) < 4.78 is 1.93. The molecule has 3 heteroatoms. The van der Waals surface area contributed by atoms with Crippen LogP contribution in [0.5, 0.6) is 0 Å². The van der Waals surface area contributed by atoms with Gasteiger partial charge in [-0.2, -0.15) is 5.10 Å². The molecule has 0 aromatic carbocycles. The molecule has 1 aliphatic rings. The average molecular weight is 264 g/mol. The molecule has 0 aliphatic heterocycles. The van der Waals surface area contributed by atoms with E-state index in [1.165, 1.54) is 5.56 Å². The van der Waals surface area contributed by atoms with Gasteiger partial charge in [0, 0.05) is 19.2 Å². The zero-order valence-electron chi connectivity index (χ0n) is 12.8. The molecule has 1 heterocycles. The van der Waals surface area contributed by atoms with Crippen molar-refractivity contribution in [2.24, 2.45) is 11.3 Å². The Morgan fingerprint density at radius 2 is 2.00 bits per heavy atom. The molecule has 1 aromatic rings. The van der Waals surface area contributed by atoms with E-state index >= 15 is 0 Å². The molecule has 1 saturated carbocycles. The van der Waals surface area contributed by atoms with Crippen molar-refractivity contribution >= 4 is 0 Å². The molecule has 0 saturated heterocycles. The third-order valence-corrected chi connectivity index (χ3v) is 4.68. The van der Waals surface area contributed by atoms with E-state index in [0.717, 1.165) is 44.6 Å². The van der Waals surface area contributed by atoms with Crippen LogP contribution in [-0.4, -0.2) is 20.5 Å². The van der Waals surface area contributed by atoms with Crippen LogP contribution in [0.2, 0.25) is 0 Å². The van der Waals surface area contributed by atoms with Crippen LogP contribution in [0.1, 0.15) is 58.9 Å². The maximum Gasteiger partial charge on any atom is 0.0689 e. The predicted molar refractivity (Wildman–Crippen MR) is 78.0 cm³/mol. The Labute approximate surface area is 117 Å². The maximum absolute atomic E-state index is 10.8. The van der Waals surface area contributed by atoms with Gasteiger partial charge in [0.25, 0.3) is 0 Å². The third-order valence-electron chi connectivity index (χ3n) is 4.68. The fourth-order valence-electron chi connectivity index (χ4n) is 3.25. The highest BCUT2D eigenvalue weighted by Crippen LogP contribution is 2.42. The van der Waals surface area contributed by atoms with Gasteiger partial charge in [-0.1, -0.05) is 20.8 Å². The Balaban J connectivity index is 1.94. The van der Waals surface area contributed by atoms with E-state index in [-0.39, 0.29) is 0 Å². The van der Waals surface area contributed by atoms with Crippen LogP contribution in [-0.2, 0) is 13.0 Å². The zero-order valence-corrected chi connectivity index (χ0v) is 12.8. The quantitative estimate of drug-likeness (QED) is 0.908. The number of aromatic nitrogens is 2. The Bertz CT molecular complexity index is 409. The highest BCUT2D eigenvalue weighted by molar-refractivity contribution is 5.09. The maximum atomic E-state index is 10.8. The molecule has 1 aliphatic carbocycles. The first-order valence-electron chi connectivity index (χ1n) is 7.56. The lowest BCUT2D eigenvalue weighted by Gasteiger charge is -2.41. The van der Waals surface area contributed by atoms with Gasteiger partial charge >= 0.3 is 0 Å². The molecular weight excluding hydrogens is 236 g/mol. The van der Waals surface area contributed by atoms with Gasteiger partial charge in [-0.25, -0.2) is 0 Å². The van der Waals surface area contributed by atoms with Crippen molar-refractivity contribution in [3.63, 3.8) is 0 Å². The number of aryl methyl sites for hydroxylation is 1. The van der Waals surface area contributed by atoms with Crippen LogP contribution in [0.4, 0.5) is 0 Å². The summed E-state index contributed by atoms with van der Waals surface area (Å²) in [4.78, 5) is 0. The topological polar surface area (TPSA) is 38.0 Å². The second-order valence-corrected chi connectivity index (χ2v) is 7.25. The summed E-state index contributed by atoms with van der Waals surface area (Å²) in [5, 5.41) is 15.0. The third kappa shape index (κ3) is 3.59. The van der Waals surface area contributed by atoms with E-state index in [0.29, 0.717) is 5.41 Å². The lowest BCUT2D eigenvalue weighted by atomic mass is 9.67. The van der Waals surface area contributed by atoms with Crippen LogP contribution in [0.3, 0.4) is 0 Å². The summed E-state index contributed by atoms with van der Waals surface area (Å²) in [6.07, 6.45) is 8.84. The molecule has 2 rings (SSSR count). The SMILES string of the molecule is CCn1cc(CC2(O)CCC(C(C)(C)C)CC2)cn1. The molecule has 0 atom stereocenters. The standard InChI is InChI=1S/C16H28N2O/c1-5-18-12-13(11-17-18)10-16(19)8-6-14(7-9-16)15(2,3)4/h11-12,14,19H,5-10H2,1-4H3. The van der Waals surface area contributed by atoms with Crippen molar-refractivity contribution in [2.75, 3.05) is 0 Å². The second kappa shape index (κ2) is 5.28. The molecule has 108 valence electrons. The predicted octanol–water partition coefficient (Wildman–Crippen LogP) is 3.41. The van der Waals surface area contributed by atoms with E-state index in [1.54, 1.807) is 0 Å². The Morgan fingerprint density at radius 1 is 1.37 bits per heavy atom. The molecule has 1 aromatic heterocycles. The molecule has 3 nitrogen and oxygen atoms in total. The Kier molecular flexibility index (Phi) is 4.05. The normalized spacial score (nSPS) is 28.6. The van der Waals surface area contributed by atoms with Crippen molar-refractivity contribution in [2.45, 2.75) is 71.9 Å². The number of hydrogen-bond acceptors (Lipinski definition) is 2. The first-order valence-corrected chi connectivity index (χ1v) is 7.56. The smallest absolute Gasteiger partial charge is 0.0689 e. The lowest BCUT2D eigenvalue weighted by Crippen LogP contribution is -2.39. The highest BCUT2D eigenvalue weighted by atomic mass is 16.3. The largest absolute Gasteiger partial charge is 0.390 e. The number of hydrogen-bond donors (Lipinski definition) is 1. The van der Waals surface area contributed by atoms with Gasteiger partial charge in [0.1, 0.15) is 0 Å². The summed E-state index contributed by atoms with van der Waals surface area (Å²) in [5.74, 6) is 0.742. The lowest BCUT2D eigenvalue weighted by molar-refractivity contribution is -0.0245. The molecule has 1 N–H and O–H groups in total. The fraction of sp³-hybridized carbons (Fsp3) is 0.812. The molecule has 0 amide bonds. The van der Waals surface area contributed by atoms with Crippen LogP contribution >= 0.6 is 0 Å². The number of aliphatic hydroxyl groups is 1. The number of rotatable bonds is 3. The molecule has 1 fully saturated rings.